The van der Waals surface area contributed by atoms with Crippen LogP contribution < -0.4 is 15.0 Å². The topological polar surface area (TPSA) is 53.5 Å². The van der Waals surface area contributed by atoms with E-state index in [0.29, 0.717) is 17.0 Å². The van der Waals surface area contributed by atoms with Gasteiger partial charge in [-0.3, -0.25) is 4.90 Å². The molecule has 0 atom stereocenters. The van der Waals surface area contributed by atoms with Crippen LogP contribution in [0.3, 0.4) is 0 Å². The first-order valence-corrected chi connectivity index (χ1v) is 11.5. The minimum Gasteiger partial charge on any atom is -0.495 e. The molecule has 32 heavy (non-hydrogen) atoms. The molecule has 2 aromatic carbocycles. The number of hydrogen-bond donors (Lipinski definition) is 1. The Hall–Kier alpha value is -2.83. The molecule has 3 aromatic rings. The second kappa shape index (κ2) is 8.60. The third kappa shape index (κ3) is 3.89. The third-order valence-electron chi connectivity index (χ3n) is 6.41. The maximum atomic E-state index is 6.52. The largest absolute Gasteiger partial charge is 0.495 e. The molecule has 0 unspecified atom stereocenters. The van der Waals surface area contributed by atoms with Crippen LogP contribution in [0.1, 0.15) is 30.5 Å². The van der Waals surface area contributed by atoms with Gasteiger partial charge in [-0.05, 0) is 61.6 Å². The molecule has 2 aliphatic rings. The summed E-state index contributed by atoms with van der Waals surface area (Å²) in [5.74, 6) is 2.02. The van der Waals surface area contributed by atoms with Crippen LogP contribution in [0.4, 0.5) is 23.1 Å². The Kier molecular flexibility index (Phi) is 5.66. The molecule has 0 amide bonds. The molecule has 0 saturated heterocycles. The minimum absolute atomic E-state index is 0.503. The first kappa shape index (κ1) is 21.0. The number of methoxy groups -OCH3 is 1. The van der Waals surface area contributed by atoms with Crippen molar-refractivity contribution < 1.29 is 4.74 Å². The van der Waals surface area contributed by atoms with Gasteiger partial charge in [-0.15, -0.1) is 0 Å². The summed E-state index contributed by atoms with van der Waals surface area (Å²) in [6.07, 6.45) is 3.67. The molecule has 166 valence electrons. The van der Waals surface area contributed by atoms with E-state index in [2.05, 4.69) is 64.3 Å². The Bertz CT molecular complexity index is 1150. The summed E-state index contributed by atoms with van der Waals surface area (Å²) in [7, 11) is 1.70. The SMILES string of the molecule is COc1cc2c(cc1Nc1ncc(Cl)c(N3CCc4ccccc43)n1)CN(C(C)C)CC2. The summed E-state index contributed by atoms with van der Waals surface area (Å²) in [5.41, 5.74) is 5.99. The van der Waals surface area contributed by atoms with Gasteiger partial charge in [-0.25, -0.2) is 4.98 Å². The molecule has 3 heterocycles. The number of rotatable bonds is 5. The van der Waals surface area contributed by atoms with E-state index in [-0.39, 0.29) is 0 Å². The quantitative estimate of drug-likeness (QED) is 0.567. The van der Waals surface area contributed by atoms with E-state index in [1.165, 1.54) is 16.7 Å². The predicted octanol–water partition coefficient (Wildman–Crippen LogP) is 5.34. The van der Waals surface area contributed by atoms with Gasteiger partial charge in [0.1, 0.15) is 10.8 Å². The number of ether oxygens (including phenoxy) is 1. The summed E-state index contributed by atoms with van der Waals surface area (Å²) >= 11 is 6.52. The molecular weight excluding hydrogens is 422 g/mol. The van der Waals surface area contributed by atoms with E-state index in [4.69, 9.17) is 21.3 Å². The Balaban J connectivity index is 1.46. The molecular formula is C25H28ClN5O. The number of para-hydroxylation sites is 1. The maximum Gasteiger partial charge on any atom is 0.229 e. The van der Waals surface area contributed by atoms with Crippen molar-refractivity contribution in [1.82, 2.24) is 14.9 Å². The molecule has 0 fully saturated rings. The molecule has 1 N–H and O–H groups in total. The van der Waals surface area contributed by atoms with Gasteiger partial charge in [0.25, 0.3) is 0 Å². The predicted molar refractivity (Wildman–Crippen MR) is 130 cm³/mol. The molecule has 0 spiro atoms. The van der Waals surface area contributed by atoms with Gasteiger partial charge in [0.15, 0.2) is 5.82 Å². The lowest BCUT2D eigenvalue weighted by Crippen LogP contribution is -2.35. The summed E-state index contributed by atoms with van der Waals surface area (Å²) in [4.78, 5) is 13.9. The van der Waals surface area contributed by atoms with Crippen LogP contribution in [0, 0.1) is 0 Å². The molecule has 2 aliphatic heterocycles. The van der Waals surface area contributed by atoms with Gasteiger partial charge in [-0.1, -0.05) is 29.8 Å². The number of halogens is 1. The van der Waals surface area contributed by atoms with Gasteiger partial charge < -0.3 is 15.0 Å². The lowest BCUT2D eigenvalue weighted by atomic mass is 9.97. The Morgan fingerprint density at radius 2 is 1.88 bits per heavy atom. The molecule has 1 aromatic heterocycles. The second-order valence-electron chi connectivity index (χ2n) is 8.66. The van der Waals surface area contributed by atoms with Crippen molar-refractivity contribution in [2.75, 3.05) is 30.4 Å². The van der Waals surface area contributed by atoms with Crippen LogP contribution in [0.15, 0.2) is 42.6 Å². The van der Waals surface area contributed by atoms with E-state index in [9.17, 15) is 0 Å². The molecule has 0 saturated carbocycles. The molecule has 0 radical (unpaired) electrons. The van der Waals surface area contributed by atoms with Crippen molar-refractivity contribution in [3.8, 4) is 5.75 Å². The van der Waals surface area contributed by atoms with E-state index in [1.54, 1.807) is 13.3 Å². The van der Waals surface area contributed by atoms with Crippen molar-refractivity contribution in [1.29, 1.82) is 0 Å². The normalized spacial score (nSPS) is 15.6. The van der Waals surface area contributed by atoms with Crippen molar-refractivity contribution in [2.45, 2.75) is 39.3 Å². The van der Waals surface area contributed by atoms with Crippen LogP contribution in [0.2, 0.25) is 5.02 Å². The van der Waals surface area contributed by atoms with E-state index in [0.717, 1.165) is 55.4 Å². The fourth-order valence-corrected chi connectivity index (χ4v) is 4.80. The highest BCUT2D eigenvalue weighted by Crippen LogP contribution is 2.38. The standard InChI is InChI=1S/C25H28ClN5O/c1-16(2)30-10-8-18-13-23(32-3)21(12-19(18)15-30)28-25-27-14-20(26)24(29-25)31-11-9-17-6-4-5-7-22(17)31/h4-7,12-14,16H,8-11,15H2,1-3H3,(H,27,28,29). The number of benzene rings is 2. The summed E-state index contributed by atoms with van der Waals surface area (Å²) in [6, 6.07) is 13.2. The minimum atomic E-state index is 0.503. The summed E-state index contributed by atoms with van der Waals surface area (Å²) < 4.78 is 5.69. The number of nitrogens with zero attached hydrogens (tertiary/aromatic N) is 4. The van der Waals surface area contributed by atoms with Crippen molar-refractivity contribution in [3.05, 3.63) is 64.3 Å². The maximum absolute atomic E-state index is 6.52. The Morgan fingerprint density at radius 3 is 2.69 bits per heavy atom. The number of aromatic nitrogens is 2. The average molecular weight is 450 g/mol. The highest BCUT2D eigenvalue weighted by atomic mass is 35.5. The zero-order valence-corrected chi connectivity index (χ0v) is 19.5. The monoisotopic (exact) mass is 449 g/mol. The fourth-order valence-electron chi connectivity index (χ4n) is 4.60. The highest BCUT2D eigenvalue weighted by molar-refractivity contribution is 6.33. The number of nitrogens with one attached hydrogen (secondary N) is 1. The smallest absolute Gasteiger partial charge is 0.229 e. The van der Waals surface area contributed by atoms with Crippen LogP contribution in [0.25, 0.3) is 0 Å². The molecule has 0 bridgehead atoms. The highest BCUT2D eigenvalue weighted by Gasteiger charge is 2.24. The summed E-state index contributed by atoms with van der Waals surface area (Å²) in [6.45, 7) is 7.34. The summed E-state index contributed by atoms with van der Waals surface area (Å²) in [5, 5.41) is 3.92. The number of anilines is 4. The molecule has 0 aliphatic carbocycles. The van der Waals surface area contributed by atoms with Crippen LogP contribution in [0.5, 0.6) is 5.75 Å². The third-order valence-corrected chi connectivity index (χ3v) is 6.68. The molecule has 7 heteroatoms. The number of fused-ring (bicyclic) bond motifs is 2. The zero-order chi connectivity index (χ0) is 22.2. The fraction of sp³-hybridized carbons (Fsp3) is 0.360. The van der Waals surface area contributed by atoms with Crippen molar-refractivity contribution >= 4 is 34.7 Å². The lowest BCUT2D eigenvalue weighted by Gasteiger charge is -2.32. The van der Waals surface area contributed by atoms with Gasteiger partial charge in [0.05, 0.1) is 19.0 Å². The first-order valence-electron chi connectivity index (χ1n) is 11.1. The van der Waals surface area contributed by atoms with Gasteiger partial charge in [-0.2, -0.15) is 4.98 Å². The second-order valence-corrected chi connectivity index (χ2v) is 9.06. The van der Waals surface area contributed by atoms with Crippen molar-refractivity contribution in [3.63, 3.8) is 0 Å². The number of hydrogen-bond acceptors (Lipinski definition) is 6. The molecule has 6 nitrogen and oxygen atoms in total. The van der Waals surface area contributed by atoms with Gasteiger partial charge >= 0.3 is 0 Å². The first-order chi connectivity index (χ1) is 15.5. The van der Waals surface area contributed by atoms with Crippen LogP contribution in [-0.4, -0.2) is 41.1 Å². The Labute approximate surface area is 194 Å². The average Bonchev–Trinajstić information content (AvgIpc) is 3.23. The van der Waals surface area contributed by atoms with Gasteiger partial charge in [0, 0.05) is 31.4 Å². The lowest BCUT2D eigenvalue weighted by molar-refractivity contribution is 0.203. The van der Waals surface area contributed by atoms with E-state index >= 15 is 0 Å². The van der Waals surface area contributed by atoms with E-state index < -0.39 is 0 Å². The van der Waals surface area contributed by atoms with Crippen molar-refractivity contribution in [2.24, 2.45) is 0 Å². The Morgan fingerprint density at radius 1 is 1.06 bits per heavy atom. The van der Waals surface area contributed by atoms with Gasteiger partial charge in [0.2, 0.25) is 5.95 Å². The van der Waals surface area contributed by atoms with Crippen LogP contribution >= 0.6 is 11.6 Å². The molecule has 5 rings (SSSR count). The van der Waals surface area contributed by atoms with Crippen LogP contribution in [-0.2, 0) is 19.4 Å². The van der Waals surface area contributed by atoms with E-state index in [1.807, 2.05) is 6.07 Å². The zero-order valence-electron chi connectivity index (χ0n) is 18.7.